The molecule has 96 valence electrons. The lowest BCUT2D eigenvalue weighted by molar-refractivity contribution is 0.602. The molecule has 0 saturated heterocycles. The van der Waals surface area contributed by atoms with Crippen LogP contribution >= 0.6 is 22.9 Å². The predicted octanol–water partition coefficient (Wildman–Crippen LogP) is 2.49. The van der Waals surface area contributed by atoms with Gasteiger partial charge >= 0.3 is 0 Å². The highest BCUT2D eigenvalue weighted by atomic mass is 35.5. The van der Waals surface area contributed by atoms with Crippen LogP contribution in [0.4, 0.5) is 10.8 Å². The molecule has 1 aromatic heterocycles. The molecule has 2 rings (SSSR count). The van der Waals surface area contributed by atoms with E-state index in [1.165, 1.54) is 0 Å². The van der Waals surface area contributed by atoms with E-state index in [0.29, 0.717) is 16.4 Å². The van der Waals surface area contributed by atoms with Gasteiger partial charge in [0.15, 0.2) is 9.34 Å². The van der Waals surface area contributed by atoms with Crippen LogP contribution in [0.25, 0.3) is 0 Å². The Bertz CT molecular complexity index is 665. The van der Waals surface area contributed by atoms with Crippen molar-refractivity contribution in [3.05, 3.63) is 35.0 Å². The third-order valence-electron chi connectivity index (χ3n) is 2.11. The van der Waals surface area contributed by atoms with Crippen molar-refractivity contribution in [2.24, 2.45) is 0 Å². The molecule has 0 unspecified atom stereocenters. The van der Waals surface area contributed by atoms with Crippen LogP contribution in [0.1, 0.15) is 5.69 Å². The number of thiazole rings is 1. The van der Waals surface area contributed by atoms with Gasteiger partial charge < -0.3 is 5.73 Å². The van der Waals surface area contributed by atoms with Crippen molar-refractivity contribution in [1.29, 1.82) is 0 Å². The first kappa shape index (κ1) is 13.1. The summed E-state index contributed by atoms with van der Waals surface area (Å²) in [5.41, 5.74) is 6.31. The number of halogens is 1. The number of sulfonamides is 1. The average molecular weight is 304 g/mol. The summed E-state index contributed by atoms with van der Waals surface area (Å²) >= 11 is 6.66. The third-order valence-corrected chi connectivity index (χ3v) is 5.34. The molecule has 1 heterocycles. The van der Waals surface area contributed by atoms with Gasteiger partial charge in [0.05, 0.1) is 5.69 Å². The summed E-state index contributed by atoms with van der Waals surface area (Å²) in [6.07, 6.45) is 0. The second-order valence-electron chi connectivity index (χ2n) is 3.54. The van der Waals surface area contributed by atoms with E-state index in [1.807, 2.05) is 0 Å². The highest BCUT2D eigenvalue weighted by molar-refractivity contribution is 7.94. The van der Waals surface area contributed by atoms with Crippen LogP contribution < -0.4 is 10.5 Å². The quantitative estimate of drug-likeness (QED) is 0.912. The number of nitrogen functional groups attached to an aromatic ring is 1. The SMILES string of the molecule is Cc1nc(N)sc1S(=O)(=O)Nc1ccc(Cl)cc1. The molecule has 0 atom stereocenters. The van der Waals surface area contributed by atoms with Gasteiger partial charge in [0.1, 0.15) is 0 Å². The van der Waals surface area contributed by atoms with Gasteiger partial charge in [-0.2, -0.15) is 0 Å². The monoisotopic (exact) mass is 303 g/mol. The van der Waals surface area contributed by atoms with E-state index in [4.69, 9.17) is 17.3 Å². The number of benzene rings is 1. The molecule has 5 nitrogen and oxygen atoms in total. The Morgan fingerprint density at radius 1 is 1.33 bits per heavy atom. The van der Waals surface area contributed by atoms with E-state index in [1.54, 1.807) is 31.2 Å². The number of nitrogens with one attached hydrogen (secondary N) is 1. The van der Waals surface area contributed by atoms with Crippen LogP contribution in [0.3, 0.4) is 0 Å². The van der Waals surface area contributed by atoms with Gasteiger partial charge in [0, 0.05) is 10.7 Å². The zero-order valence-corrected chi connectivity index (χ0v) is 11.7. The fourth-order valence-corrected chi connectivity index (χ4v) is 3.86. The summed E-state index contributed by atoms with van der Waals surface area (Å²) in [6, 6.07) is 6.37. The third kappa shape index (κ3) is 2.74. The molecule has 0 fully saturated rings. The Kier molecular flexibility index (Phi) is 3.47. The largest absolute Gasteiger partial charge is 0.375 e. The molecule has 3 N–H and O–H groups in total. The number of nitrogens with two attached hydrogens (primary N) is 1. The summed E-state index contributed by atoms with van der Waals surface area (Å²) in [7, 11) is -3.65. The van der Waals surface area contributed by atoms with E-state index < -0.39 is 10.0 Å². The van der Waals surface area contributed by atoms with Crippen molar-refractivity contribution in [1.82, 2.24) is 4.98 Å². The van der Waals surface area contributed by atoms with Crippen LogP contribution in [0.15, 0.2) is 28.5 Å². The van der Waals surface area contributed by atoms with Crippen molar-refractivity contribution < 1.29 is 8.42 Å². The van der Waals surface area contributed by atoms with Gasteiger partial charge in [0.2, 0.25) is 0 Å². The number of anilines is 2. The van der Waals surface area contributed by atoms with E-state index in [2.05, 4.69) is 9.71 Å². The maximum absolute atomic E-state index is 12.1. The first-order chi connectivity index (χ1) is 8.38. The maximum Gasteiger partial charge on any atom is 0.273 e. The van der Waals surface area contributed by atoms with Crippen molar-refractivity contribution in [2.45, 2.75) is 11.1 Å². The fourth-order valence-electron chi connectivity index (χ4n) is 1.37. The summed E-state index contributed by atoms with van der Waals surface area (Å²) in [5.74, 6) is 0. The minimum absolute atomic E-state index is 0.120. The standard InChI is InChI=1S/C10H10ClN3O2S2/c1-6-9(17-10(12)13-6)18(15,16)14-8-4-2-7(11)3-5-8/h2-5,14H,1H3,(H2,12,13). The maximum atomic E-state index is 12.1. The molecule has 0 radical (unpaired) electrons. The topological polar surface area (TPSA) is 85.1 Å². The zero-order chi connectivity index (χ0) is 13.3. The molecule has 0 saturated carbocycles. The Labute approximate surface area is 114 Å². The second kappa shape index (κ2) is 4.75. The van der Waals surface area contributed by atoms with Gasteiger partial charge in [-0.1, -0.05) is 22.9 Å². The van der Waals surface area contributed by atoms with Crippen molar-refractivity contribution in [3.63, 3.8) is 0 Å². The van der Waals surface area contributed by atoms with Crippen LogP contribution in [-0.2, 0) is 10.0 Å². The Balaban J connectivity index is 2.33. The fraction of sp³-hybridized carbons (Fsp3) is 0.100. The van der Waals surface area contributed by atoms with Gasteiger partial charge in [-0.15, -0.1) is 0 Å². The Morgan fingerprint density at radius 2 is 1.94 bits per heavy atom. The highest BCUT2D eigenvalue weighted by Crippen LogP contribution is 2.27. The van der Waals surface area contributed by atoms with E-state index >= 15 is 0 Å². The molecule has 8 heteroatoms. The molecule has 0 spiro atoms. The number of hydrogen-bond donors (Lipinski definition) is 2. The number of aryl methyl sites for hydroxylation is 1. The average Bonchev–Trinajstić information content (AvgIpc) is 2.62. The van der Waals surface area contributed by atoms with E-state index in [9.17, 15) is 8.42 Å². The van der Waals surface area contributed by atoms with Gasteiger partial charge in [-0.25, -0.2) is 13.4 Å². The molecule has 0 bridgehead atoms. The summed E-state index contributed by atoms with van der Waals surface area (Å²) in [6.45, 7) is 1.60. The molecule has 18 heavy (non-hydrogen) atoms. The molecule has 0 amide bonds. The lowest BCUT2D eigenvalue weighted by atomic mass is 10.3. The van der Waals surface area contributed by atoms with Crippen LogP contribution in [-0.4, -0.2) is 13.4 Å². The molecule has 0 aliphatic heterocycles. The van der Waals surface area contributed by atoms with Crippen molar-refractivity contribution in [2.75, 3.05) is 10.5 Å². The van der Waals surface area contributed by atoms with Crippen molar-refractivity contribution >= 4 is 43.8 Å². The van der Waals surface area contributed by atoms with Crippen LogP contribution in [0, 0.1) is 6.92 Å². The number of nitrogens with zero attached hydrogens (tertiary/aromatic N) is 1. The molecule has 1 aromatic carbocycles. The lowest BCUT2D eigenvalue weighted by Gasteiger charge is -2.06. The molecule has 2 aromatic rings. The minimum Gasteiger partial charge on any atom is -0.375 e. The summed E-state index contributed by atoms with van der Waals surface area (Å²) in [4.78, 5) is 3.89. The molecular formula is C10H10ClN3O2S2. The number of rotatable bonds is 3. The van der Waals surface area contributed by atoms with E-state index in [0.717, 1.165) is 11.3 Å². The zero-order valence-electron chi connectivity index (χ0n) is 9.34. The lowest BCUT2D eigenvalue weighted by Crippen LogP contribution is -2.12. The minimum atomic E-state index is -3.65. The number of hydrogen-bond acceptors (Lipinski definition) is 5. The molecule has 0 aliphatic rings. The first-order valence-corrected chi connectivity index (χ1v) is 7.57. The van der Waals surface area contributed by atoms with E-state index in [-0.39, 0.29) is 9.34 Å². The molecular weight excluding hydrogens is 294 g/mol. The second-order valence-corrected chi connectivity index (χ2v) is 6.88. The predicted molar refractivity (Wildman–Crippen MR) is 73.5 cm³/mol. The van der Waals surface area contributed by atoms with Crippen molar-refractivity contribution in [3.8, 4) is 0 Å². The van der Waals surface area contributed by atoms with Crippen LogP contribution in [0.5, 0.6) is 0 Å². The number of aromatic nitrogens is 1. The molecule has 0 aliphatic carbocycles. The Morgan fingerprint density at radius 3 is 2.44 bits per heavy atom. The highest BCUT2D eigenvalue weighted by Gasteiger charge is 2.21. The Hall–Kier alpha value is -1.31. The summed E-state index contributed by atoms with van der Waals surface area (Å²) < 4.78 is 26.7. The van der Waals surface area contributed by atoms with Gasteiger partial charge in [-0.3, -0.25) is 4.72 Å². The summed E-state index contributed by atoms with van der Waals surface area (Å²) in [5, 5.41) is 0.764. The first-order valence-electron chi connectivity index (χ1n) is 4.90. The van der Waals surface area contributed by atoms with Crippen LogP contribution in [0.2, 0.25) is 5.02 Å². The van der Waals surface area contributed by atoms with Gasteiger partial charge in [0.25, 0.3) is 10.0 Å². The smallest absolute Gasteiger partial charge is 0.273 e. The normalized spacial score (nSPS) is 11.4. The van der Waals surface area contributed by atoms with Gasteiger partial charge in [-0.05, 0) is 31.2 Å².